The number of ether oxygens (including phenoxy) is 2. The predicted molar refractivity (Wildman–Crippen MR) is 133 cm³/mol. The molecule has 0 aliphatic carbocycles. The summed E-state index contributed by atoms with van der Waals surface area (Å²) in [5.74, 6) is -3.11. The summed E-state index contributed by atoms with van der Waals surface area (Å²) < 4.78 is 34.4. The van der Waals surface area contributed by atoms with E-state index in [1.807, 2.05) is 30.3 Å². The third-order valence-corrected chi connectivity index (χ3v) is 6.17. The second-order valence-corrected chi connectivity index (χ2v) is 10.1. The van der Waals surface area contributed by atoms with E-state index in [9.17, 15) is 27.6 Å². The van der Waals surface area contributed by atoms with Gasteiger partial charge in [0.05, 0.1) is 24.0 Å². The Morgan fingerprint density at radius 2 is 1.58 bits per heavy atom. The van der Waals surface area contributed by atoms with Crippen LogP contribution in [0.4, 0.5) is 5.00 Å². The maximum Gasteiger partial charge on any atom is 0.341 e. The molecule has 0 aliphatic rings. The van der Waals surface area contributed by atoms with Gasteiger partial charge in [-0.3, -0.25) is 9.59 Å². The second-order valence-electron chi connectivity index (χ2n) is 7.35. The molecule has 2 amide bonds. The maximum atomic E-state index is 12.5. The van der Waals surface area contributed by atoms with Gasteiger partial charge in [-0.05, 0) is 36.8 Å². The fourth-order valence-electron chi connectivity index (χ4n) is 2.98. The summed E-state index contributed by atoms with van der Waals surface area (Å²) in [6.45, 7) is 1.15. The molecule has 2 N–H and O–H groups in total. The van der Waals surface area contributed by atoms with Crippen molar-refractivity contribution in [2.75, 3.05) is 24.8 Å². The normalized spacial score (nSPS) is 10.8. The van der Waals surface area contributed by atoms with Gasteiger partial charge in [-0.1, -0.05) is 36.4 Å². The summed E-state index contributed by atoms with van der Waals surface area (Å²) in [5.41, 5.74) is 0.883. The molecule has 1 aromatic heterocycles. The predicted octanol–water partition coefficient (Wildman–Crippen LogP) is 3.08. The zero-order valence-corrected chi connectivity index (χ0v) is 20.9. The highest BCUT2D eigenvalue weighted by Crippen LogP contribution is 2.35. The van der Waals surface area contributed by atoms with E-state index in [0.29, 0.717) is 0 Å². The molecule has 0 saturated carbocycles. The SMILES string of the molecule is CCOC(=O)c1cc(-c2ccccc2)sc1NC(=O)COC(=O)c1cccc(C(=O)NS(C)(=O)=O)c1. The van der Waals surface area contributed by atoms with Gasteiger partial charge in [-0.2, -0.15) is 0 Å². The number of benzene rings is 2. The topological polar surface area (TPSA) is 145 Å². The van der Waals surface area contributed by atoms with E-state index >= 15 is 0 Å². The first-order valence-corrected chi connectivity index (χ1v) is 13.2. The molecular weight excluding hydrogens is 508 g/mol. The minimum atomic E-state index is -3.79. The first kappa shape index (κ1) is 26.6. The van der Waals surface area contributed by atoms with Gasteiger partial charge >= 0.3 is 11.9 Å². The monoisotopic (exact) mass is 530 g/mol. The Labute approximate surface area is 211 Å². The van der Waals surface area contributed by atoms with E-state index in [1.54, 1.807) is 17.7 Å². The van der Waals surface area contributed by atoms with Crippen molar-refractivity contribution in [3.8, 4) is 10.4 Å². The van der Waals surface area contributed by atoms with E-state index < -0.39 is 40.4 Å². The smallest absolute Gasteiger partial charge is 0.341 e. The van der Waals surface area contributed by atoms with Gasteiger partial charge in [0.2, 0.25) is 10.0 Å². The van der Waals surface area contributed by atoms with Gasteiger partial charge in [0.1, 0.15) is 5.00 Å². The summed E-state index contributed by atoms with van der Waals surface area (Å²) in [7, 11) is -3.79. The molecule has 0 unspecified atom stereocenters. The van der Waals surface area contributed by atoms with E-state index in [2.05, 4.69) is 5.32 Å². The maximum absolute atomic E-state index is 12.5. The number of carbonyl (C=O) groups excluding carboxylic acids is 4. The van der Waals surface area contributed by atoms with Gasteiger partial charge < -0.3 is 14.8 Å². The van der Waals surface area contributed by atoms with Crippen LogP contribution in [0.25, 0.3) is 10.4 Å². The van der Waals surface area contributed by atoms with Crippen LogP contribution in [0.1, 0.15) is 38.0 Å². The molecular formula is C24H22N2O8S2. The molecule has 0 bridgehead atoms. The van der Waals surface area contributed by atoms with Crippen LogP contribution in [0.5, 0.6) is 0 Å². The molecule has 36 heavy (non-hydrogen) atoms. The van der Waals surface area contributed by atoms with E-state index in [4.69, 9.17) is 9.47 Å². The van der Waals surface area contributed by atoms with Crippen molar-refractivity contribution < 1.29 is 37.1 Å². The van der Waals surface area contributed by atoms with Crippen molar-refractivity contribution in [2.24, 2.45) is 0 Å². The number of hydrogen-bond acceptors (Lipinski definition) is 9. The summed E-state index contributed by atoms with van der Waals surface area (Å²) in [5, 5.41) is 2.82. The summed E-state index contributed by atoms with van der Waals surface area (Å²) in [6, 6.07) is 16.1. The highest BCUT2D eigenvalue weighted by Gasteiger charge is 2.21. The summed E-state index contributed by atoms with van der Waals surface area (Å²) in [6.07, 6.45) is 0.825. The molecule has 0 fully saturated rings. The van der Waals surface area contributed by atoms with Crippen molar-refractivity contribution >= 4 is 50.1 Å². The van der Waals surface area contributed by atoms with Crippen LogP contribution in [0, 0.1) is 0 Å². The van der Waals surface area contributed by atoms with Crippen molar-refractivity contribution in [1.29, 1.82) is 0 Å². The Morgan fingerprint density at radius 3 is 2.25 bits per heavy atom. The first-order valence-electron chi connectivity index (χ1n) is 10.5. The molecule has 12 heteroatoms. The van der Waals surface area contributed by atoms with Gasteiger partial charge in [-0.25, -0.2) is 22.7 Å². The fraction of sp³-hybridized carbons (Fsp3) is 0.167. The van der Waals surface area contributed by atoms with Crippen LogP contribution < -0.4 is 10.0 Å². The Kier molecular flexibility index (Phi) is 8.56. The molecule has 0 saturated heterocycles. The Balaban J connectivity index is 1.69. The van der Waals surface area contributed by atoms with Gasteiger partial charge in [0.25, 0.3) is 11.8 Å². The van der Waals surface area contributed by atoms with Crippen molar-refractivity contribution in [3.63, 3.8) is 0 Å². The van der Waals surface area contributed by atoms with Crippen LogP contribution in [-0.4, -0.2) is 51.6 Å². The van der Waals surface area contributed by atoms with Crippen LogP contribution in [0.15, 0.2) is 60.7 Å². The molecule has 2 aromatic carbocycles. The molecule has 0 aliphatic heterocycles. The summed E-state index contributed by atoms with van der Waals surface area (Å²) in [4.78, 5) is 50.0. The lowest BCUT2D eigenvalue weighted by molar-refractivity contribution is -0.119. The van der Waals surface area contributed by atoms with Crippen LogP contribution >= 0.6 is 11.3 Å². The highest BCUT2D eigenvalue weighted by molar-refractivity contribution is 7.89. The van der Waals surface area contributed by atoms with Gasteiger partial charge in [-0.15, -0.1) is 11.3 Å². The number of esters is 2. The second kappa shape index (κ2) is 11.6. The Hall–Kier alpha value is -4.03. The standard InChI is InChI=1S/C24H22N2O8S2/c1-3-33-24(30)18-13-19(15-8-5-4-6-9-15)35-22(18)25-20(27)14-34-23(29)17-11-7-10-16(12-17)21(28)26-36(2,31)32/h4-13H,3,14H2,1-2H3,(H,25,27)(H,26,28). The lowest BCUT2D eigenvalue weighted by Gasteiger charge is -2.08. The number of thiophene rings is 1. The number of sulfonamides is 1. The third-order valence-electron chi connectivity index (χ3n) is 4.51. The molecule has 0 atom stereocenters. The quantitative estimate of drug-likeness (QED) is 0.402. The minimum absolute atomic E-state index is 0.0568. The number of amides is 2. The average Bonchev–Trinajstić information content (AvgIpc) is 3.26. The van der Waals surface area contributed by atoms with Crippen molar-refractivity contribution in [2.45, 2.75) is 6.92 Å². The number of nitrogens with one attached hydrogen (secondary N) is 2. The fourth-order valence-corrected chi connectivity index (χ4v) is 4.50. The molecule has 188 valence electrons. The zero-order valence-electron chi connectivity index (χ0n) is 19.3. The Morgan fingerprint density at radius 1 is 0.889 bits per heavy atom. The average molecular weight is 531 g/mol. The third kappa shape index (κ3) is 7.23. The number of carbonyl (C=O) groups is 4. The van der Waals surface area contributed by atoms with Crippen molar-refractivity contribution in [1.82, 2.24) is 4.72 Å². The van der Waals surface area contributed by atoms with E-state index in [0.717, 1.165) is 22.8 Å². The Bertz CT molecular complexity index is 1400. The zero-order chi connectivity index (χ0) is 26.3. The largest absolute Gasteiger partial charge is 0.462 e. The lowest BCUT2D eigenvalue weighted by atomic mass is 10.1. The number of anilines is 1. The van der Waals surface area contributed by atoms with Crippen LogP contribution in [-0.2, 0) is 24.3 Å². The minimum Gasteiger partial charge on any atom is -0.462 e. The van der Waals surface area contributed by atoms with Gasteiger partial charge in [0.15, 0.2) is 6.61 Å². The molecule has 0 spiro atoms. The molecule has 3 aromatic rings. The van der Waals surface area contributed by atoms with E-state index in [-0.39, 0.29) is 28.3 Å². The van der Waals surface area contributed by atoms with E-state index in [1.165, 1.54) is 29.5 Å². The summed E-state index contributed by atoms with van der Waals surface area (Å²) >= 11 is 1.17. The van der Waals surface area contributed by atoms with Gasteiger partial charge in [0, 0.05) is 10.4 Å². The van der Waals surface area contributed by atoms with Crippen molar-refractivity contribution in [3.05, 3.63) is 77.4 Å². The number of hydrogen-bond donors (Lipinski definition) is 2. The van der Waals surface area contributed by atoms with Crippen LogP contribution in [0.2, 0.25) is 0 Å². The molecule has 10 nitrogen and oxygen atoms in total. The highest BCUT2D eigenvalue weighted by atomic mass is 32.2. The molecule has 3 rings (SSSR count). The lowest BCUT2D eigenvalue weighted by Crippen LogP contribution is -2.29. The number of rotatable bonds is 9. The van der Waals surface area contributed by atoms with Crippen LogP contribution in [0.3, 0.4) is 0 Å². The first-order chi connectivity index (χ1) is 17.1. The molecule has 0 radical (unpaired) electrons. The molecule has 1 heterocycles.